The van der Waals surface area contributed by atoms with E-state index in [0.717, 1.165) is 0 Å². The second-order valence-electron chi connectivity index (χ2n) is 4.25. The Kier molecular flexibility index (Phi) is 6.23. The molecular weight excluding hydrogens is 268 g/mol. The van der Waals surface area contributed by atoms with Crippen LogP contribution in [-0.2, 0) is 20.5 Å². The molecule has 0 spiro atoms. The maximum absolute atomic E-state index is 11.8. The van der Waals surface area contributed by atoms with Gasteiger partial charge in [0.2, 0.25) is 10.0 Å². The van der Waals surface area contributed by atoms with E-state index in [1.54, 1.807) is 24.3 Å². The zero-order valence-corrected chi connectivity index (χ0v) is 11.7. The molecule has 0 bridgehead atoms. The van der Waals surface area contributed by atoms with Crippen molar-refractivity contribution in [3.05, 3.63) is 29.8 Å². The largest absolute Gasteiger partial charge is 0.398 e. The lowest BCUT2D eigenvalue weighted by Crippen LogP contribution is -2.29. The first-order valence-corrected chi connectivity index (χ1v) is 7.57. The minimum atomic E-state index is -3.45. The van der Waals surface area contributed by atoms with Gasteiger partial charge in [-0.2, -0.15) is 0 Å². The van der Waals surface area contributed by atoms with Gasteiger partial charge in [0.25, 0.3) is 0 Å². The van der Waals surface area contributed by atoms with Crippen LogP contribution < -0.4 is 10.5 Å². The summed E-state index contributed by atoms with van der Waals surface area (Å²) in [7, 11) is -1.97. The molecule has 4 N–H and O–H groups in total. The predicted octanol–water partition coefficient (Wildman–Crippen LogP) is 0.0856. The zero-order valence-electron chi connectivity index (χ0n) is 10.9. The van der Waals surface area contributed by atoms with Gasteiger partial charge in [-0.25, -0.2) is 13.1 Å². The Morgan fingerprint density at radius 1 is 1.42 bits per heavy atom. The van der Waals surface area contributed by atoms with E-state index in [0.29, 0.717) is 17.7 Å². The molecule has 0 saturated carbocycles. The van der Waals surface area contributed by atoms with Gasteiger partial charge in [0, 0.05) is 19.3 Å². The number of nitrogens with two attached hydrogens (primary N) is 1. The molecular formula is C12H20N2O4S. The summed E-state index contributed by atoms with van der Waals surface area (Å²) in [6, 6.07) is 6.82. The summed E-state index contributed by atoms with van der Waals surface area (Å²) in [4.78, 5) is 0. The number of benzene rings is 1. The van der Waals surface area contributed by atoms with Gasteiger partial charge in [-0.15, -0.1) is 0 Å². The summed E-state index contributed by atoms with van der Waals surface area (Å²) in [6.07, 6.45) is -0.369. The van der Waals surface area contributed by atoms with E-state index in [9.17, 15) is 13.5 Å². The first-order chi connectivity index (χ1) is 8.94. The van der Waals surface area contributed by atoms with Crippen molar-refractivity contribution < 1.29 is 18.3 Å². The molecule has 6 nitrogen and oxygen atoms in total. The van der Waals surface area contributed by atoms with Crippen LogP contribution in [0.5, 0.6) is 0 Å². The number of anilines is 1. The number of nitrogen functional groups attached to an aromatic ring is 1. The molecule has 0 aromatic heterocycles. The zero-order chi connectivity index (χ0) is 14.3. The monoisotopic (exact) mass is 288 g/mol. The van der Waals surface area contributed by atoms with Gasteiger partial charge in [-0.1, -0.05) is 18.2 Å². The molecule has 1 unspecified atom stereocenters. The number of hydrogen-bond donors (Lipinski definition) is 3. The molecule has 1 aromatic rings. The summed E-state index contributed by atoms with van der Waals surface area (Å²) in [5.74, 6) is -0.167. The molecule has 1 rings (SSSR count). The first-order valence-electron chi connectivity index (χ1n) is 5.92. The van der Waals surface area contributed by atoms with Crippen LogP contribution in [0.25, 0.3) is 0 Å². The highest BCUT2D eigenvalue weighted by molar-refractivity contribution is 7.88. The number of methoxy groups -OCH3 is 1. The van der Waals surface area contributed by atoms with E-state index in [1.165, 1.54) is 7.11 Å². The van der Waals surface area contributed by atoms with Gasteiger partial charge in [0.1, 0.15) is 0 Å². The summed E-state index contributed by atoms with van der Waals surface area (Å²) in [5, 5.41) is 9.40. The molecule has 19 heavy (non-hydrogen) atoms. The standard InChI is InChI=1S/C12H20N2O4S/c1-18-8-11(15)6-7-14-19(16,17)9-10-4-2-3-5-12(10)13/h2-5,11,14-15H,6-9,13H2,1H3. The van der Waals surface area contributed by atoms with Crippen LogP contribution in [0.15, 0.2) is 24.3 Å². The van der Waals surface area contributed by atoms with Crippen LogP contribution in [-0.4, -0.2) is 39.9 Å². The summed E-state index contributed by atoms with van der Waals surface area (Å²) in [5.41, 5.74) is 6.71. The highest BCUT2D eigenvalue weighted by Crippen LogP contribution is 2.13. The average Bonchev–Trinajstić information content (AvgIpc) is 2.32. The number of nitrogens with one attached hydrogen (secondary N) is 1. The number of para-hydroxylation sites is 1. The topological polar surface area (TPSA) is 102 Å². The van der Waals surface area contributed by atoms with Crippen molar-refractivity contribution in [3.63, 3.8) is 0 Å². The Labute approximate surface area is 113 Å². The van der Waals surface area contributed by atoms with Gasteiger partial charge >= 0.3 is 0 Å². The Balaban J connectivity index is 2.47. The maximum atomic E-state index is 11.8. The molecule has 7 heteroatoms. The molecule has 1 aromatic carbocycles. The summed E-state index contributed by atoms with van der Waals surface area (Å²) >= 11 is 0. The van der Waals surface area contributed by atoms with Gasteiger partial charge in [-0.3, -0.25) is 0 Å². The van der Waals surface area contributed by atoms with Crippen molar-refractivity contribution >= 4 is 15.7 Å². The molecule has 0 heterocycles. The van der Waals surface area contributed by atoms with Crippen molar-refractivity contribution in [2.75, 3.05) is 26.0 Å². The molecule has 108 valence electrons. The fourth-order valence-corrected chi connectivity index (χ4v) is 2.78. The van der Waals surface area contributed by atoms with E-state index in [1.807, 2.05) is 0 Å². The molecule has 0 saturated heterocycles. The van der Waals surface area contributed by atoms with E-state index >= 15 is 0 Å². The van der Waals surface area contributed by atoms with Gasteiger partial charge in [0.15, 0.2) is 0 Å². The number of aliphatic hydroxyl groups is 1. The number of sulfonamides is 1. The quantitative estimate of drug-likeness (QED) is 0.588. The highest BCUT2D eigenvalue weighted by Gasteiger charge is 2.13. The normalized spacial score (nSPS) is 13.4. The van der Waals surface area contributed by atoms with Crippen LogP contribution in [0, 0.1) is 0 Å². The van der Waals surface area contributed by atoms with Crippen molar-refractivity contribution in [2.24, 2.45) is 0 Å². The Hall–Kier alpha value is -1.15. The van der Waals surface area contributed by atoms with Crippen LogP contribution in [0.2, 0.25) is 0 Å². The molecule has 0 radical (unpaired) electrons. The van der Waals surface area contributed by atoms with Crippen LogP contribution in [0.1, 0.15) is 12.0 Å². The lowest BCUT2D eigenvalue weighted by Gasteiger charge is -2.11. The molecule has 0 aliphatic carbocycles. The lowest BCUT2D eigenvalue weighted by molar-refractivity contribution is 0.0603. The average molecular weight is 288 g/mol. The number of rotatable bonds is 8. The molecule has 0 amide bonds. The van der Waals surface area contributed by atoms with Crippen molar-refractivity contribution in [1.29, 1.82) is 0 Å². The maximum Gasteiger partial charge on any atom is 0.215 e. The fraction of sp³-hybridized carbons (Fsp3) is 0.500. The van der Waals surface area contributed by atoms with Gasteiger partial charge in [0.05, 0.1) is 18.5 Å². The predicted molar refractivity (Wildman–Crippen MR) is 74.0 cm³/mol. The first kappa shape index (κ1) is 15.9. The second kappa shape index (κ2) is 7.44. The Morgan fingerprint density at radius 3 is 2.74 bits per heavy atom. The third-order valence-corrected chi connectivity index (χ3v) is 3.89. The summed E-state index contributed by atoms with van der Waals surface area (Å²) in [6.45, 7) is 0.354. The van der Waals surface area contributed by atoms with Crippen LogP contribution in [0.3, 0.4) is 0 Å². The number of ether oxygens (including phenoxy) is 1. The van der Waals surface area contributed by atoms with Crippen molar-refractivity contribution in [3.8, 4) is 0 Å². The fourth-order valence-electron chi connectivity index (χ4n) is 1.58. The minimum absolute atomic E-state index is 0.166. The van der Waals surface area contributed by atoms with Crippen molar-refractivity contribution in [2.45, 2.75) is 18.3 Å². The SMILES string of the molecule is COCC(O)CCNS(=O)(=O)Cc1ccccc1N. The molecule has 0 fully saturated rings. The molecule has 0 aliphatic heterocycles. The Morgan fingerprint density at radius 2 is 2.11 bits per heavy atom. The van der Waals surface area contributed by atoms with Gasteiger partial charge < -0.3 is 15.6 Å². The second-order valence-corrected chi connectivity index (χ2v) is 6.06. The number of aliphatic hydroxyl groups excluding tert-OH is 1. The third kappa shape index (κ3) is 6.02. The third-order valence-electron chi connectivity index (χ3n) is 2.56. The molecule has 0 aliphatic rings. The Bertz CT molecular complexity index is 490. The number of hydrogen-bond acceptors (Lipinski definition) is 5. The lowest BCUT2D eigenvalue weighted by atomic mass is 10.2. The van der Waals surface area contributed by atoms with E-state index in [4.69, 9.17) is 10.5 Å². The van der Waals surface area contributed by atoms with Crippen LogP contribution in [0.4, 0.5) is 5.69 Å². The summed E-state index contributed by atoms with van der Waals surface area (Å²) < 4.78 is 30.8. The van der Waals surface area contributed by atoms with E-state index in [-0.39, 0.29) is 18.9 Å². The van der Waals surface area contributed by atoms with Gasteiger partial charge in [-0.05, 0) is 18.1 Å². The minimum Gasteiger partial charge on any atom is -0.398 e. The smallest absolute Gasteiger partial charge is 0.215 e. The highest BCUT2D eigenvalue weighted by atomic mass is 32.2. The van der Waals surface area contributed by atoms with E-state index in [2.05, 4.69) is 4.72 Å². The molecule has 1 atom stereocenters. The van der Waals surface area contributed by atoms with Crippen molar-refractivity contribution in [1.82, 2.24) is 4.72 Å². The van der Waals surface area contributed by atoms with Crippen LogP contribution >= 0.6 is 0 Å². The van der Waals surface area contributed by atoms with E-state index < -0.39 is 16.1 Å².